The number of likely N-dealkylation sites (N-methyl/N-ethyl adjacent to an activating group) is 1. The van der Waals surface area contributed by atoms with Gasteiger partial charge in [-0.25, -0.2) is 9.79 Å². The van der Waals surface area contributed by atoms with Gasteiger partial charge in [-0.3, -0.25) is 14.5 Å². The van der Waals surface area contributed by atoms with E-state index in [-0.39, 0.29) is 17.4 Å². The van der Waals surface area contributed by atoms with E-state index in [9.17, 15) is 19.5 Å². The molecule has 5 rings (SSSR count). The van der Waals surface area contributed by atoms with Gasteiger partial charge in [0.05, 0.1) is 21.9 Å². The van der Waals surface area contributed by atoms with Gasteiger partial charge in [0, 0.05) is 38.8 Å². The largest absolute Gasteiger partial charge is 0.478 e. The van der Waals surface area contributed by atoms with Crippen molar-refractivity contribution in [2.45, 2.75) is 33.6 Å². The molecule has 0 radical (unpaired) electrons. The summed E-state index contributed by atoms with van der Waals surface area (Å²) in [6.07, 6.45) is 4.94. The fourth-order valence-corrected chi connectivity index (χ4v) is 6.12. The van der Waals surface area contributed by atoms with Crippen LogP contribution in [0.5, 0.6) is 0 Å². The Morgan fingerprint density at radius 2 is 1.83 bits per heavy atom. The van der Waals surface area contributed by atoms with Crippen molar-refractivity contribution in [3.8, 4) is 0 Å². The first-order chi connectivity index (χ1) is 20.1. The van der Waals surface area contributed by atoms with E-state index in [1.54, 1.807) is 30.0 Å². The third kappa shape index (κ3) is 6.19. The van der Waals surface area contributed by atoms with Gasteiger partial charge < -0.3 is 20.2 Å². The lowest BCUT2D eigenvalue weighted by molar-refractivity contribution is -0.116. The van der Waals surface area contributed by atoms with E-state index in [0.717, 1.165) is 54.3 Å². The third-order valence-electron chi connectivity index (χ3n) is 7.72. The highest BCUT2D eigenvalue weighted by atomic mass is 32.2. The number of hydrogen-bond acceptors (Lipinski definition) is 7. The van der Waals surface area contributed by atoms with Crippen LogP contribution in [0.25, 0.3) is 6.08 Å². The van der Waals surface area contributed by atoms with Crippen molar-refractivity contribution in [1.82, 2.24) is 10.2 Å². The Labute approximate surface area is 250 Å². The number of rotatable bonds is 6. The molecule has 0 unspecified atom stereocenters. The van der Waals surface area contributed by atoms with Crippen molar-refractivity contribution in [2.75, 3.05) is 43.0 Å². The van der Waals surface area contributed by atoms with Crippen molar-refractivity contribution in [2.24, 2.45) is 4.99 Å². The number of benzene rings is 2. The van der Waals surface area contributed by atoms with Crippen LogP contribution in [-0.4, -0.2) is 66.1 Å². The van der Waals surface area contributed by atoms with Gasteiger partial charge in [-0.15, -0.1) is 0 Å². The van der Waals surface area contributed by atoms with Crippen LogP contribution in [0, 0.1) is 6.92 Å². The molecule has 2 fully saturated rings. The van der Waals surface area contributed by atoms with Crippen LogP contribution in [0.4, 0.5) is 11.4 Å². The number of aryl methyl sites for hydroxylation is 1. The second kappa shape index (κ2) is 12.4. The average molecular weight is 586 g/mol. The molecule has 9 nitrogen and oxygen atoms in total. The van der Waals surface area contributed by atoms with E-state index in [2.05, 4.69) is 34.3 Å². The highest BCUT2D eigenvalue weighted by Crippen LogP contribution is 2.36. The number of nitrogens with one attached hydrogen (secondary N) is 1. The zero-order valence-electron chi connectivity index (χ0n) is 24.3. The maximum Gasteiger partial charge on any atom is 0.335 e. The number of allylic oxidation sites excluding steroid dienone is 2. The molecule has 0 bridgehead atoms. The minimum atomic E-state index is -1.00. The van der Waals surface area contributed by atoms with Crippen LogP contribution < -0.4 is 15.1 Å². The zero-order chi connectivity index (χ0) is 30.0. The molecular formula is C32H35N5O4S. The molecule has 2 N–H and O–H groups in total. The summed E-state index contributed by atoms with van der Waals surface area (Å²) in [7, 11) is 2.13. The molecule has 2 saturated heterocycles. The van der Waals surface area contributed by atoms with Gasteiger partial charge in [0.25, 0.3) is 5.91 Å². The summed E-state index contributed by atoms with van der Waals surface area (Å²) in [5, 5.41) is 12.9. The van der Waals surface area contributed by atoms with E-state index < -0.39 is 5.97 Å². The molecule has 2 aromatic rings. The first-order valence-corrected chi connectivity index (χ1v) is 14.9. The number of piperazine rings is 1. The molecule has 0 saturated carbocycles. The molecule has 2 aromatic carbocycles. The first-order valence-electron chi connectivity index (χ1n) is 14.0. The first kappa shape index (κ1) is 29.3. The summed E-state index contributed by atoms with van der Waals surface area (Å²) < 4.78 is 0. The van der Waals surface area contributed by atoms with Gasteiger partial charge in [-0.2, -0.15) is 0 Å². The lowest BCUT2D eigenvalue weighted by Gasteiger charge is -2.34. The summed E-state index contributed by atoms with van der Waals surface area (Å²) in [4.78, 5) is 49.3. The Morgan fingerprint density at radius 1 is 1.12 bits per heavy atom. The monoisotopic (exact) mass is 585 g/mol. The molecule has 42 heavy (non-hydrogen) atoms. The summed E-state index contributed by atoms with van der Waals surface area (Å²) in [6.45, 7) is 9.34. The predicted molar refractivity (Wildman–Crippen MR) is 169 cm³/mol. The van der Waals surface area contributed by atoms with E-state index >= 15 is 0 Å². The molecule has 0 atom stereocenters. The van der Waals surface area contributed by atoms with Crippen molar-refractivity contribution in [3.05, 3.63) is 87.2 Å². The molecule has 218 valence electrons. The minimum absolute atomic E-state index is 0.147. The number of fused-ring (bicyclic) bond motifs is 1. The zero-order valence-corrected chi connectivity index (χ0v) is 25.1. The smallest absolute Gasteiger partial charge is 0.335 e. The van der Waals surface area contributed by atoms with E-state index in [1.165, 1.54) is 17.8 Å². The van der Waals surface area contributed by atoms with E-state index in [4.69, 9.17) is 4.99 Å². The molecule has 0 aliphatic carbocycles. The molecule has 3 aliphatic heterocycles. The maximum absolute atomic E-state index is 13.1. The number of carboxylic acids is 1. The van der Waals surface area contributed by atoms with Crippen LogP contribution >= 0.6 is 11.8 Å². The van der Waals surface area contributed by atoms with Crippen molar-refractivity contribution in [1.29, 1.82) is 0 Å². The maximum atomic E-state index is 13.1. The number of nitrogens with zero attached hydrogens (tertiary/aromatic N) is 4. The average Bonchev–Trinajstić information content (AvgIpc) is 3.13. The summed E-state index contributed by atoms with van der Waals surface area (Å²) in [5.41, 5.74) is 5.16. The van der Waals surface area contributed by atoms with Crippen LogP contribution in [0.1, 0.15) is 48.2 Å². The number of thioether (sulfide) groups is 1. The van der Waals surface area contributed by atoms with Gasteiger partial charge >= 0.3 is 5.97 Å². The lowest BCUT2D eigenvalue weighted by Crippen LogP contribution is -2.44. The van der Waals surface area contributed by atoms with Crippen molar-refractivity contribution < 1.29 is 19.5 Å². The fraction of sp³-hybridized carbons (Fsp3) is 0.312. The number of anilines is 2. The Morgan fingerprint density at radius 3 is 2.45 bits per heavy atom. The molecular weight excluding hydrogens is 550 g/mol. The van der Waals surface area contributed by atoms with Gasteiger partial charge in [0.15, 0.2) is 0 Å². The Balaban J connectivity index is 1.47. The van der Waals surface area contributed by atoms with E-state index in [1.807, 2.05) is 32.1 Å². The number of aromatic carboxylic acids is 1. The van der Waals surface area contributed by atoms with Gasteiger partial charge in [-0.1, -0.05) is 30.8 Å². The fourth-order valence-electron chi connectivity index (χ4n) is 5.20. The Kier molecular flexibility index (Phi) is 8.65. The number of carboxylic acid groups (broad SMARTS) is 1. The predicted octanol–water partition coefficient (Wildman–Crippen LogP) is 5.01. The molecule has 0 aromatic heterocycles. The highest BCUT2D eigenvalue weighted by Gasteiger charge is 2.30. The summed E-state index contributed by atoms with van der Waals surface area (Å²) in [6, 6.07) is 12.9. The van der Waals surface area contributed by atoms with Crippen molar-refractivity contribution in [3.63, 3.8) is 0 Å². The van der Waals surface area contributed by atoms with Crippen LogP contribution in [0.15, 0.2) is 75.5 Å². The van der Waals surface area contributed by atoms with Gasteiger partial charge in [0.1, 0.15) is 10.9 Å². The van der Waals surface area contributed by atoms with E-state index in [0.29, 0.717) is 34.3 Å². The second-order valence-corrected chi connectivity index (χ2v) is 11.7. The number of hydrogen-bond donors (Lipinski definition) is 2. The number of amides is 2. The third-order valence-corrected chi connectivity index (χ3v) is 8.75. The number of carbonyl (C=O) groups excluding carboxylic acids is 2. The molecule has 0 spiro atoms. The van der Waals surface area contributed by atoms with Crippen LogP contribution in [0.3, 0.4) is 0 Å². The molecule has 3 heterocycles. The SMILES string of the molecule is CCC1=C(N(C(C)=O)c2ccc(N3CCN(C)CC3)cc2)N=C2SC(=Cc3ccc(C(=O)O)cc3C)C(=O)NC2=CC1. The second-order valence-electron chi connectivity index (χ2n) is 10.6. The minimum Gasteiger partial charge on any atom is -0.478 e. The Hall–Kier alpha value is -4.15. The lowest BCUT2D eigenvalue weighted by atomic mass is 10.0. The van der Waals surface area contributed by atoms with Gasteiger partial charge in [-0.05, 0) is 86.0 Å². The topological polar surface area (TPSA) is 106 Å². The normalized spacial score (nSPS) is 18.6. The molecule has 3 aliphatic rings. The van der Waals surface area contributed by atoms with Crippen LogP contribution in [-0.2, 0) is 9.59 Å². The standard InChI is InChI=1S/C32H35N5O4S/c1-5-22-8-13-27-31(42-28(30(39)33-27)19-23-6-7-24(32(40)41)18-20(23)2)34-29(22)37(21(3)38)26-11-9-25(10-12-26)36-16-14-35(4)15-17-36/h6-7,9-13,18-19H,5,8,14-17H2,1-4H3,(H,33,39)(H,40,41). The quantitative estimate of drug-likeness (QED) is 0.459. The summed E-state index contributed by atoms with van der Waals surface area (Å²) in [5.74, 6) is -0.828. The van der Waals surface area contributed by atoms with Crippen molar-refractivity contribution >= 4 is 52.0 Å². The number of carbonyl (C=O) groups is 3. The summed E-state index contributed by atoms with van der Waals surface area (Å²) >= 11 is 1.24. The molecule has 2 amide bonds. The Bertz CT molecular complexity index is 1550. The highest BCUT2D eigenvalue weighted by molar-refractivity contribution is 8.18. The van der Waals surface area contributed by atoms with Crippen LogP contribution in [0.2, 0.25) is 0 Å². The van der Waals surface area contributed by atoms with Gasteiger partial charge in [0.2, 0.25) is 5.91 Å². The molecule has 10 heteroatoms. The number of aliphatic imine (C=N–C) groups is 1.